The van der Waals surface area contributed by atoms with E-state index in [2.05, 4.69) is 44.8 Å². The number of aliphatic imine (C=N–C) groups is 1. The van der Waals surface area contributed by atoms with Crippen molar-refractivity contribution in [1.82, 2.24) is 0 Å². The predicted molar refractivity (Wildman–Crippen MR) is 116 cm³/mol. The average molecular weight is 402 g/mol. The Balaban J connectivity index is 1.93. The number of rotatable bonds is 4. The Morgan fingerprint density at radius 1 is 1.00 bits per heavy atom. The number of ether oxygens (including phenoxy) is 1. The van der Waals surface area contributed by atoms with Gasteiger partial charge >= 0.3 is 5.97 Å². The number of aryl methyl sites for hydroxylation is 1. The van der Waals surface area contributed by atoms with Crippen molar-refractivity contribution in [1.29, 1.82) is 5.26 Å². The molecule has 154 valence electrons. The minimum Gasteiger partial charge on any atom is -0.410 e. The van der Waals surface area contributed by atoms with Crippen LogP contribution in [0.5, 0.6) is 0 Å². The van der Waals surface area contributed by atoms with Gasteiger partial charge in [-0.1, -0.05) is 45.9 Å². The molecule has 1 aliphatic rings. The normalized spacial score (nSPS) is 16.5. The molecule has 5 heteroatoms. The van der Waals surface area contributed by atoms with Crippen molar-refractivity contribution >= 4 is 18.2 Å². The number of nitriles is 1. The van der Waals surface area contributed by atoms with Crippen LogP contribution in [0.2, 0.25) is 0 Å². The second-order valence-electron chi connectivity index (χ2n) is 9.13. The number of nitrogens with zero attached hydrogens (tertiary/aromatic N) is 2. The van der Waals surface area contributed by atoms with Crippen LogP contribution in [-0.4, -0.2) is 18.2 Å². The quantitative estimate of drug-likeness (QED) is 0.230. The molecule has 0 bridgehead atoms. The molecule has 0 saturated heterocycles. The third-order valence-corrected chi connectivity index (χ3v) is 6.10. The Morgan fingerprint density at radius 2 is 1.53 bits per heavy atom. The summed E-state index contributed by atoms with van der Waals surface area (Å²) in [6, 6.07) is 10.5. The molecule has 5 nitrogen and oxygen atoms in total. The SMILES string of the molecule is Cc1cc2c(cc1C(=O)c1ccc(C(=O)OC=NC#N)cc1)C(C)(C)CCC2(C)C. The van der Waals surface area contributed by atoms with Gasteiger partial charge in [0.2, 0.25) is 6.19 Å². The molecule has 0 N–H and O–H groups in total. The number of benzene rings is 2. The Kier molecular flexibility index (Phi) is 5.63. The van der Waals surface area contributed by atoms with Gasteiger partial charge < -0.3 is 4.74 Å². The van der Waals surface area contributed by atoms with Crippen molar-refractivity contribution < 1.29 is 14.3 Å². The zero-order valence-corrected chi connectivity index (χ0v) is 18.1. The summed E-state index contributed by atoms with van der Waals surface area (Å²) in [4.78, 5) is 28.3. The van der Waals surface area contributed by atoms with E-state index in [0.717, 1.165) is 24.8 Å². The highest BCUT2D eigenvalue weighted by molar-refractivity contribution is 6.10. The third kappa shape index (κ3) is 4.04. The van der Waals surface area contributed by atoms with E-state index in [4.69, 9.17) is 10.00 Å². The van der Waals surface area contributed by atoms with Crippen molar-refractivity contribution in [2.24, 2.45) is 4.99 Å². The molecule has 3 rings (SSSR count). The molecule has 0 radical (unpaired) electrons. The smallest absolute Gasteiger partial charge is 0.344 e. The molecule has 0 unspecified atom stereocenters. The molecule has 0 spiro atoms. The van der Waals surface area contributed by atoms with E-state index in [1.54, 1.807) is 12.1 Å². The Hall–Kier alpha value is -3.26. The summed E-state index contributed by atoms with van der Waals surface area (Å²) < 4.78 is 4.74. The van der Waals surface area contributed by atoms with E-state index in [0.29, 0.717) is 11.1 Å². The molecular formula is C25H26N2O3. The lowest BCUT2D eigenvalue weighted by Gasteiger charge is -2.42. The molecule has 0 heterocycles. The molecule has 0 amide bonds. The average Bonchev–Trinajstić information content (AvgIpc) is 2.71. The lowest BCUT2D eigenvalue weighted by Crippen LogP contribution is -2.34. The zero-order chi connectivity index (χ0) is 22.1. The fourth-order valence-corrected chi connectivity index (χ4v) is 4.05. The summed E-state index contributed by atoms with van der Waals surface area (Å²) in [5.74, 6) is -0.706. The number of fused-ring (bicyclic) bond motifs is 1. The molecule has 0 aromatic heterocycles. The van der Waals surface area contributed by atoms with E-state index in [1.165, 1.54) is 29.5 Å². The van der Waals surface area contributed by atoms with Gasteiger partial charge in [-0.05, 0) is 65.5 Å². The second-order valence-corrected chi connectivity index (χ2v) is 9.13. The van der Waals surface area contributed by atoms with Gasteiger partial charge in [0.25, 0.3) is 0 Å². The van der Waals surface area contributed by atoms with Crippen molar-refractivity contribution in [2.45, 2.75) is 58.3 Å². The topological polar surface area (TPSA) is 79.5 Å². The number of carbonyl (C=O) groups excluding carboxylic acids is 2. The van der Waals surface area contributed by atoms with Gasteiger partial charge in [-0.3, -0.25) is 4.79 Å². The first-order chi connectivity index (χ1) is 14.1. The highest BCUT2D eigenvalue weighted by Gasteiger charge is 2.37. The van der Waals surface area contributed by atoms with E-state index in [9.17, 15) is 9.59 Å². The molecule has 30 heavy (non-hydrogen) atoms. The Morgan fingerprint density at radius 3 is 2.10 bits per heavy atom. The van der Waals surface area contributed by atoms with Gasteiger partial charge in [0, 0.05) is 11.1 Å². The first-order valence-electron chi connectivity index (χ1n) is 9.99. The van der Waals surface area contributed by atoms with E-state index in [1.807, 2.05) is 6.92 Å². The van der Waals surface area contributed by atoms with Crippen LogP contribution >= 0.6 is 0 Å². The van der Waals surface area contributed by atoms with Crippen LogP contribution in [-0.2, 0) is 15.6 Å². The number of hydrogen-bond acceptors (Lipinski definition) is 5. The zero-order valence-electron chi connectivity index (χ0n) is 18.1. The van der Waals surface area contributed by atoms with E-state index in [-0.39, 0.29) is 22.2 Å². The van der Waals surface area contributed by atoms with Crippen LogP contribution in [0.4, 0.5) is 0 Å². The summed E-state index contributed by atoms with van der Waals surface area (Å²) >= 11 is 0. The monoisotopic (exact) mass is 402 g/mol. The van der Waals surface area contributed by atoms with Crippen LogP contribution in [0.25, 0.3) is 0 Å². The highest BCUT2D eigenvalue weighted by Crippen LogP contribution is 2.46. The van der Waals surface area contributed by atoms with Gasteiger partial charge in [0.15, 0.2) is 12.2 Å². The van der Waals surface area contributed by atoms with Crippen LogP contribution in [0.3, 0.4) is 0 Å². The number of esters is 1. The number of hydrogen-bond donors (Lipinski definition) is 0. The summed E-state index contributed by atoms with van der Waals surface area (Å²) in [7, 11) is 0. The van der Waals surface area contributed by atoms with Crippen LogP contribution in [0, 0.1) is 18.4 Å². The fraction of sp³-hybridized carbons (Fsp3) is 0.360. The van der Waals surface area contributed by atoms with Crippen LogP contribution in [0.1, 0.15) is 83.5 Å². The predicted octanol–water partition coefficient (Wildman–Crippen LogP) is 5.24. The fourth-order valence-electron chi connectivity index (χ4n) is 4.05. The van der Waals surface area contributed by atoms with E-state index >= 15 is 0 Å². The summed E-state index contributed by atoms with van der Waals surface area (Å²) in [5, 5.41) is 8.34. The Labute approximate surface area is 177 Å². The first-order valence-corrected chi connectivity index (χ1v) is 9.99. The van der Waals surface area contributed by atoms with Crippen molar-refractivity contribution in [3.8, 4) is 6.19 Å². The van der Waals surface area contributed by atoms with Gasteiger partial charge in [-0.15, -0.1) is 4.99 Å². The van der Waals surface area contributed by atoms with E-state index < -0.39 is 5.97 Å². The van der Waals surface area contributed by atoms with Crippen molar-refractivity contribution in [3.05, 3.63) is 69.8 Å². The first kappa shape index (κ1) is 21.4. The lowest BCUT2D eigenvalue weighted by molar-refractivity contribution is 0.0727. The van der Waals surface area contributed by atoms with Crippen molar-refractivity contribution in [3.63, 3.8) is 0 Å². The minimum atomic E-state index is -0.637. The third-order valence-electron chi connectivity index (χ3n) is 6.10. The molecular weight excluding hydrogens is 376 g/mol. The maximum atomic E-state index is 13.2. The summed E-state index contributed by atoms with van der Waals surface area (Å²) in [6.45, 7) is 11.0. The lowest BCUT2D eigenvalue weighted by atomic mass is 9.62. The summed E-state index contributed by atoms with van der Waals surface area (Å²) in [6.07, 6.45) is 4.50. The summed E-state index contributed by atoms with van der Waals surface area (Å²) in [5.41, 5.74) is 5.11. The largest absolute Gasteiger partial charge is 0.410 e. The molecule has 2 aromatic carbocycles. The molecule has 0 saturated carbocycles. The minimum absolute atomic E-state index is 0.0200. The molecule has 0 atom stereocenters. The standard InChI is InChI=1S/C25H26N2O3/c1-16-12-20-21(25(4,5)11-10-24(20,2)3)13-19(16)22(28)17-6-8-18(9-7-17)23(29)30-15-27-14-26/h6-9,12-13,15H,10-11H2,1-5H3. The second kappa shape index (κ2) is 7.87. The number of carbonyl (C=O) groups is 2. The van der Waals surface area contributed by atoms with Crippen LogP contribution < -0.4 is 0 Å². The van der Waals surface area contributed by atoms with Crippen LogP contribution in [0.15, 0.2) is 41.4 Å². The van der Waals surface area contributed by atoms with Gasteiger partial charge in [0.05, 0.1) is 5.56 Å². The molecule has 1 aliphatic carbocycles. The molecule has 0 fully saturated rings. The number of ketones is 1. The van der Waals surface area contributed by atoms with Crippen molar-refractivity contribution in [2.75, 3.05) is 0 Å². The highest BCUT2D eigenvalue weighted by atomic mass is 16.5. The maximum Gasteiger partial charge on any atom is 0.344 e. The Bertz CT molecular complexity index is 1070. The van der Waals surface area contributed by atoms with Gasteiger partial charge in [-0.2, -0.15) is 5.26 Å². The molecule has 0 aliphatic heterocycles. The maximum absolute atomic E-state index is 13.2. The van der Waals surface area contributed by atoms with Gasteiger partial charge in [0.1, 0.15) is 0 Å². The molecule has 2 aromatic rings. The van der Waals surface area contributed by atoms with Gasteiger partial charge in [-0.25, -0.2) is 4.79 Å².